The number of nitrogens with zero attached hydrogens (tertiary/aromatic N) is 2. The number of rotatable bonds is 4. The van der Waals surface area contributed by atoms with Crippen LogP contribution in [0.1, 0.15) is 19.3 Å². The third kappa shape index (κ3) is 3.06. The molecule has 3 nitrogen and oxygen atoms in total. The first kappa shape index (κ1) is 13.3. The Morgan fingerprint density at radius 2 is 2.05 bits per heavy atom. The molecule has 1 saturated heterocycles. The average Bonchev–Trinajstić information content (AvgIpc) is 3.10. The highest BCUT2D eigenvalue weighted by molar-refractivity contribution is 9.10. The molecule has 104 valence electrons. The van der Waals surface area contributed by atoms with Crippen LogP contribution < -0.4 is 10.2 Å². The highest BCUT2D eigenvalue weighted by atomic mass is 79.9. The van der Waals surface area contributed by atoms with Crippen molar-refractivity contribution in [2.24, 2.45) is 0 Å². The molecule has 0 amide bonds. The van der Waals surface area contributed by atoms with Crippen molar-refractivity contribution in [1.29, 1.82) is 0 Å². The third-order valence-corrected chi connectivity index (χ3v) is 4.58. The van der Waals surface area contributed by atoms with E-state index in [1.165, 1.54) is 43.7 Å². The van der Waals surface area contributed by atoms with E-state index >= 15 is 0 Å². The molecule has 19 heavy (non-hydrogen) atoms. The summed E-state index contributed by atoms with van der Waals surface area (Å²) in [6.07, 6.45) is 4.08. The second-order valence-corrected chi connectivity index (χ2v) is 6.83. The molecular weight excluding hydrogens is 302 g/mol. The maximum Gasteiger partial charge on any atom is 0.0597 e. The van der Waals surface area contributed by atoms with Crippen LogP contribution in [0.4, 0.5) is 11.4 Å². The minimum absolute atomic E-state index is 0.591. The lowest BCUT2D eigenvalue weighted by atomic mass is 10.2. The zero-order chi connectivity index (χ0) is 13.4. The van der Waals surface area contributed by atoms with Crippen LogP contribution in [0.25, 0.3) is 0 Å². The second-order valence-electron chi connectivity index (χ2n) is 5.91. The van der Waals surface area contributed by atoms with Gasteiger partial charge in [-0.25, -0.2) is 0 Å². The van der Waals surface area contributed by atoms with Gasteiger partial charge in [0.25, 0.3) is 0 Å². The number of hydrogen-bond acceptors (Lipinski definition) is 3. The Hall–Kier alpha value is -0.740. The fourth-order valence-electron chi connectivity index (χ4n) is 2.91. The van der Waals surface area contributed by atoms with E-state index in [-0.39, 0.29) is 0 Å². The molecule has 0 spiro atoms. The predicted octanol–water partition coefficient (Wildman–Crippen LogP) is 3.16. The normalized spacial score (nSPS) is 23.6. The summed E-state index contributed by atoms with van der Waals surface area (Å²) in [4.78, 5) is 4.81. The Kier molecular flexibility index (Phi) is 3.72. The van der Waals surface area contributed by atoms with Crippen LogP contribution in [0.5, 0.6) is 0 Å². The summed E-state index contributed by atoms with van der Waals surface area (Å²) in [5.41, 5.74) is 2.50. The van der Waals surface area contributed by atoms with Crippen molar-refractivity contribution in [2.75, 3.05) is 37.4 Å². The fourth-order valence-corrected chi connectivity index (χ4v) is 3.27. The molecule has 1 unspecified atom stereocenters. The van der Waals surface area contributed by atoms with Gasteiger partial charge in [0.2, 0.25) is 0 Å². The van der Waals surface area contributed by atoms with Gasteiger partial charge in [-0.15, -0.1) is 0 Å². The lowest BCUT2D eigenvalue weighted by Crippen LogP contribution is -2.28. The second kappa shape index (κ2) is 5.33. The molecule has 0 aromatic heterocycles. The number of halogens is 1. The number of anilines is 2. The number of nitrogens with one attached hydrogen (secondary N) is 1. The van der Waals surface area contributed by atoms with Gasteiger partial charge in [-0.3, -0.25) is 4.90 Å². The van der Waals surface area contributed by atoms with E-state index < -0.39 is 0 Å². The lowest BCUT2D eigenvalue weighted by molar-refractivity contribution is 0.326. The van der Waals surface area contributed by atoms with Crippen molar-refractivity contribution in [2.45, 2.75) is 31.3 Å². The van der Waals surface area contributed by atoms with E-state index in [1.54, 1.807) is 0 Å². The molecule has 1 heterocycles. The average molecular weight is 324 g/mol. The van der Waals surface area contributed by atoms with Gasteiger partial charge >= 0.3 is 0 Å². The van der Waals surface area contributed by atoms with Crippen LogP contribution >= 0.6 is 15.9 Å². The lowest BCUT2D eigenvalue weighted by Gasteiger charge is -2.22. The molecule has 0 bridgehead atoms. The van der Waals surface area contributed by atoms with E-state index in [0.29, 0.717) is 6.04 Å². The van der Waals surface area contributed by atoms with Gasteiger partial charge in [0, 0.05) is 43.7 Å². The quantitative estimate of drug-likeness (QED) is 0.918. The molecule has 1 saturated carbocycles. The highest BCUT2D eigenvalue weighted by Gasteiger charge is 2.34. The molecule has 2 aliphatic rings. The maximum absolute atomic E-state index is 3.73. The summed E-state index contributed by atoms with van der Waals surface area (Å²) in [6, 6.07) is 7.94. The van der Waals surface area contributed by atoms with Crippen molar-refractivity contribution in [3.05, 3.63) is 22.7 Å². The molecule has 1 aromatic carbocycles. The zero-order valence-corrected chi connectivity index (χ0v) is 13.3. The maximum atomic E-state index is 3.73. The van der Waals surface area contributed by atoms with E-state index in [4.69, 9.17) is 0 Å². The highest BCUT2D eigenvalue weighted by Crippen LogP contribution is 2.33. The van der Waals surface area contributed by atoms with E-state index in [2.05, 4.69) is 63.3 Å². The topological polar surface area (TPSA) is 18.5 Å². The van der Waals surface area contributed by atoms with Crippen LogP contribution in [0.15, 0.2) is 22.7 Å². The van der Waals surface area contributed by atoms with Crippen molar-refractivity contribution < 1.29 is 0 Å². The van der Waals surface area contributed by atoms with Gasteiger partial charge in [0.05, 0.1) is 11.4 Å². The Morgan fingerprint density at radius 3 is 2.74 bits per heavy atom. The number of likely N-dealkylation sites (tertiary alicyclic amines) is 1. The first-order valence-corrected chi connectivity index (χ1v) is 7.90. The van der Waals surface area contributed by atoms with Gasteiger partial charge in [-0.1, -0.05) is 15.9 Å². The smallest absolute Gasteiger partial charge is 0.0597 e. The fraction of sp³-hybridized carbons (Fsp3) is 0.600. The van der Waals surface area contributed by atoms with Crippen LogP contribution in [0, 0.1) is 0 Å². The Balaban J connectivity index is 1.70. The summed E-state index contributed by atoms with van der Waals surface area (Å²) in [7, 11) is 4.19. The van der Waals surface area contributed by atoms with Crippen molar-refractivity contribution >= 4 is 27.3 Å². The summed E-state index contributed by atoms with van der Waals surface area (Å²) < 4.78 is 1.14. The van der Waals surface area contributed by atoms with Crippen molar-refractivity contribution in [1.82, 2.24) is 4.90 Å². The van der Waals surface area contributed by atoms with E-state index in [9.17, 15) is 0 Å². The molecule has 1 N–H and O–H groups in total. The Bertz CT molecular complexity index is 457. The summed E-state index contributed by atoms with van der Waals surface area (Å²) in [5, 5.41) is 3.73. The summed E-state index contributed by atoms with van der Waals surface area (Å²) in [6.45, 7) is 2.46. The van der Waals surface area contributed by atoms with Gasteiger partial charge < -0.3 is 10.2 Å². The van der Waals surface area contributed by atoms with E-state index in [0.717, 1.165) is 10.5 Å². The minimum Gasteiger partial charge on any atom is -0.379 e. The molecule has 2 fully saturated rings. The van der Waals surface area contributed by atoms with Gasteiger partial charge in [-0.05, 0) is 37.5 Å². The van der Waals surface area contributed by atoms with Crippen molar-refractivity contribution in [3.63, 3.8) is 0 Å². The molecule has 1 aliphatic carbocycles. The first-order valence-electron chi connectivity index (χ1n) is 7.11. The molecule has 3 rings (SSSR count). The third-order valence-electron chi connectivity index (χ3n) is 4.08. The van der Waals surface area contributed by atoms with Crippen LogP contribution in [0.3, 0.4) is 0 Å². The number of hydrogen-bond donors (Lipinski definition) is 1. The number of benzene rings is 1. The van der Waals surface area contributed by atoms with E-state index in [1.807, 2.05) is 0 Å². The van der Waals surface area contributed by atoms with Crippen LogP contribution in [-0.2, 0) is 0 Å². The molecule has 0 radical (unpaired) electrons. The summed E-state index contributed by atoms with van der Waals surface area (Å²) >= 11 is 3.57. The molecule has 1 aliphatic heterocycles. The van der Waals surface area contributed by atoms with Crippen molar-refractivity contribution in [3.8, 4) is 0 Å². The predicted molar refractivity (Wildman–Crippen MR) is 85.1 cm³/mol. The zero-order valence-electron chi connectivity index (χ0n) is 11.7. The Labute approximate surface area is 124 Å². The van der Waals surface area contributed by atoms with Gasteiger partial charge in [-0.2, -0.15) is 0 Å². The first-order chi connectivity index (χ1) is 9.13. The van der Waals surface area contributed by atoms with Crippen LogP contribution in [-0.4, -0.2) is 44.2 Å². The molecule has 1 atom stereocenters. The summed E-state index contributed by atoms with van der Waals surface area (Å²) in [5.74, 6) is 0. The Morgan fingerprint density at radius 1 is 1.26 bits per heavy atom. The standard InChI is InChI=1S/C15H22BrN3/c1-18(2)15-6-3-11(16)9-14(15)17-12-7-8-19(10-12)13-4-5-13/h3,6,9,12-13,17H,4-5,7-8,10H2,1-2H3. The largest absolute Gasteiger partial charge is 0.379 e. The van der Waals surface area contributed by atoms with Gasteiger partial charge in [0.1, 0.15) is 0 Å². The molecule has 1 aromatic rings. The molecular formula is C15H22BrN3. The molecule has 4 heteroatoms. The SMILES string of the molecule is CN(C)c1ccc(Br)cc1NC1CCN(C2CC2)C1. The van der Waals surface area contributed by atoms with Gasteiger partial charge in [0.15, 0.2) is 0 Å². The van der Waals surface area contributed by atoms with Crippen LogP contribution in [0.2, 0.25) is 0 Å². The minimum atomic E-state index is 0.591. The monoisotopic (exact) mass is 323 g/mol.